The molecule has 0 radical (unpaired) electrons. The van der Waals surface area contributed by atoms with Crippen LogP contribution in [0.2, 0.25) is 0 Å². The van der Waals surface area contributed by atoms with Crippen molar-refractivity contribution in [1.29, 1.82) is 0 Å². The summed E-state index contributed by atoms with van der Waals surface area (Å²) in [5, 5.41) is 3.37. The lowest BCUT2D eigenvalue weighted by atomic mass is 10.3. The number of hydrogen-bond acceptors (Lipinski definition) is 3. The number of para-hydroxylation sites is 2. The minimum absolute atomic E-state index is 0.125. The summed E-state index contributed by atoms with van der Waals surface area (Å²) in [4.78, 5) is 0. The molecule has 1 aliphatic carbocycles. The number of rotatable bonds is 8. The molecule has 0 spiro atoms. The summed E-state index contributed by atoms with van der Waals surface area (Å²) in [6, 6.07) is 6.50. The standard InChI is InChI=1S/C14H18F3NO2/c15-14(16,17)20-13-6-2-1-5-12(13)19-10-4-3-9-18-11-7-8-11/h1-2,5-6,11,18H,3-4,7-10H2. The van der Waals surface area contributed by atoms with E-state index in [-0.39, 0.29) is 11.5 Å². The van der Waals surface area contributed by atoms with Crippen molar-refractivity contribution >= 4 is 0 Å². The third-order valence-electron chi connectivity index (χ3n) is 2.91. The molecule has 1 N–H and O–H groups in total. The van der Waals surface area contributed by atoms with Gasteiger partial charge in [-0.3, -0.25) is 0 Å². The molecule has 6 heteroatoms. The van der Waals surface area contributed by atoms with Gasteiger partial charge in [0.1, 0.15) is 0 Å². The Morgan fingerprint density at radius 2 is 1.80 bits per heavy atom. The van der Waals surface area contributed by atoms with Gasteiger partial charge in [-0.25, -0.2) is 0 Å². The molecule has 0 saturated heterocycles. The minimum Gasteiger partial charge on any atom is -0.490 e. The Bertz CT molecular complexity index is 419. The molecule has 0 heterocycles. The van der Waals surface area contributed by atoms with Crippen LogP contribution in [0.5, 0.6) is 11.5 Å². The number of ether oxygens (including phenoxy) is 2. The predicted octanol–water partition coefficient (Wildman–Crippen LogP) is 3.50. The third-order valence-corrected chi connectivity index (χ3v) is 2.91. The molecule has 20 heavy (non-hydrogen) atoms. The summed E-state index contributed by atoms with van der Waals surface area (Å²) in [5.74, 6) is -0.170. The van der Waals surface area contributed by atoms with Crippen molar-refractivity contribution in [2.24, 2.45) is 0 Å². The highest BCUT2D eigenvalue weighted by atomic mass is 19.4. The number of benzene rings is 1. The number of hydrogen-bond donors (Lipinski definition) is 1. The van der Waals surface area contributed by atoms with Crippen molar-refractivity contribution < 1.29 is 22.6 Å². The van der Waals surface area contributed by atoms with E-state index in [4.69, 9.17) is 4.74 Å². The van der Waals surface area contributed by atoms with Crippen molar-refractivity contribution in [1.82, 2.24) is 5.32 Å². The molecule has 0 aromatic heterocycles. The van der Waals surface area contributed by atoms with Crippen LogP contribution < -0.4 is 14.8 Å². The highest BCUT2D eigenvalue weighted by Crippen LogP contribution is 2.31. The summed E-state index contributed by atoms with van der Waals surface area (Å²) < 4.78 is 45.9. The van der Waals surface area contributed by atoms with Crippen molar-refractivity contribution in [3.63, 3.8) is 0 Å². The molecule has 2 rings (SSSR count). The molecule has 1 aliphatic rings. The van der Waals surface area contributed by atoms with E-state index >= 15 is 0 Å². The molecule has 0 unspecified atom stereocenters. The average molecular weight is 289 g/mol. The van der Waals surface area contributed by atoms with Crippen LogP contribution in [0.25, 0.3) is 0 Å². The summed E-state index contributed by atoms with van der Waals surface area (Å²) >= 11 is 0. The maximum atomic E-state index is 12.2. The summed E-state index contributed by atoms with van der Waals surface area (Å²) in [6.07, 6.45) is -0.468. The van der Waals surface area contributed by atoms with Crippen molar-refractivity contribution in [2.75, 3.05) is 13.2 Å². The van der Waals surface area contributed by atoms with Gasteiger partial charge in [-0.15, -0.1) is 13.2 Å². The fraction of sp³-hybridized carbons (Fsp3) is 0.571. The zero-order valence-electron chi connectivity index (χ0n) is 11.1. The summed E-state index contributed by atoms with van der Waals surface area (Å²) in [7, 11) is 0. The maximum absolute atomic E-state index is 12.2. The highest BCUT2D eigenvalue weighted by molar-refractivity contribution is 5.39. The lowest BCUT2D eigenvalue weighted by Crippen LogP contribution is -2.18. The topological polar surface area (TPSA) is 30.5 Å². The van der Waals surface area contributed by atoms with Crippen LogP contribution in [0, 0.1) is 0 Å². The molecular formula is C14H18F3NO2. The van der Waals surface area contributed by atoms with Crippen molar-refractivity contribution in [3.05, 3.63) is 24.3 Å². The normalized spacial score (nSPS) is 15.2. The average Bonchev–Trinajstić information content (AvgIpc) is 3.17. The predicted molar refractivity (Wildman–Crippen MR) is 68.9 cm³/mol. The molecule has 1 saturated carbocycles. The van der Waals surface area contributed by atoms with Gasteiger partial charge in [-0.1, -0.05) is 12.1 Å². The number of halogens is 3. The van der Waals surface area contributed by atoms with E-state index in [0.29, 0.717) is 12.6 Å². The monoisotopic (exact) mass is 289 g/mol. The third kappa shape index (κ3) is 5.69. The van der Waals surface area contributed by atoms with Gasteiger partial charge < -0.3 is 14.8 Å². The van der Waals surface area contributed by atoms with Gasteiger partial charge in [-0.05, 0) is 44.4 Å². The number of unbranched alkanes of at least 4 members (excludes halogenated alkanes) is 1. The Morgan fingerprint density at radius 3 is 2.45 bits per heavy atom. The Kier molecular flexibility index (Phi) is 5.11. The zero-order valence-corrected chi connectivity index (χ0v) is 11.1. The lowest BCUT2D eigenvalue weighted by molar-refractivity contribution is -0.275. The van der Waals surface area contributed by atoms with E-state index in [0.717, 1.165) is 19.4 Å². The first kappa shape index (κ1) is 15.0. The van der Waals surface area contributed by atoms with Gasteiger partial charge >= 0.3 is 6.36 Å². The largest absolute Gasteiger partial charge is 0.573 e. The molecule has 1 aromatic rings. The van der Waals surface area contributed by atoms with Crippen molar-refractivity contribution in [2.45, 2.75) is 38.1 Å². The lowest BCUT2D eigenvalue weighted by Gasteiger charge is -2.13. The van der Waals surface area contributed by atoms with Crippen LogP contribution in [0.1, 0.15) is 25.7 Å². The fourth-order valence-corrected chi connectivity index (χ4v) is 1.78. The Labute approximate surface area is 116 Å². The second kappa shape index (κ2) is 6.83. The van der Waals surface area contributed by atoms with Crippen molar-refractivity contribution in [3.8, 4) is 11.5 Å². The van der Waals surface area contributed by atoms with Gasteiger partial charge in [0.2, 0.25) is 0 Å². The van der Waals surface area contributed by atoms with E-state index in [2.05, 4.69) is 10.1 Å². The Hall–Kier alpha value is -1.43. The summed E-state index contributed by atoms with van der Waals surface area (Å²) in [5.41, 5.74) is 0. The van der Waals surface area contributed by atoms with Gasteiger partial charge in [0.05, 0.1) is 6.61 Å². The Morgan fingerprint density at radius 1 is 1.10 bits per heavy atom. The van der Waals surface area contributed by atoms with Crippen LogP contribution >= 0.6 is 0 Å². The first-order valence-corrected chi connectivity index (χ1v) is 6.75. The molecule has 112 valence electrons. The fourth-order valence-electron chi connectivity index (χ4n) is 1.78. The highest BCUT2D eigenvalue weighted by Gasteiger charge is 2.32. The molecule has 1 fully saturated rings. The van der Waals surface area contributed by atoms with Gasteiger partial charge in [-0.2, -0.15) is 0 Å². The van der Waals surface area contributed by atoms with Crippen LogP contribution in [0.4, 0.5) is 13.2 Å². The first-order valence-electron chi connectivity index (χ1n) is 6.75. The Balaban J connectivity index is 1.70. The molecule has 3 nitrogen and oxygen atoms in total. The first-order chi connectivity index (χ1) is 9.54. The van der Waals surface area contributed by atoms with E-state index in [1.54, 1.807) is 6.07 Å². The van der Waals surface area contributed by atoms with E-state index in [1.165, 1.54) is 31.0 Å². The smallest absolute Gasteiger partial charge is 0.490 e. The van der Waals surface area contributed by atoms with Gasteiger partial charge in [0.25, 0.3) is 0 Å². The van der Waals surface area contributed by atoms with Crippen LogP contribution in [-0.2, 0) is 0 Å². The summed E-state index contributed by atoms with van der Waals surface area (Å²) in [6.45, 7) is 1.30. The molecule has 0 atom stereocenters. The van der Waals surface area contributed by atoms with Crippen LogP contribution in [0.3, 0.4) is 0 Å². The zero-order chi connectivity index (χ0) is 14.4. The molecule has 0 amide bonds. The van der Waals surface area contributed by atoms with Crippen LogP contribution in [0.15, 0.2) is 24.3 Å². The minimum atomic E-state index is -4.70. The maximum Gasteiger partial charge on any atom is 0.573 e. The molecule has 0 bridgehead atoms. The second-order valence-corrected chi connectivity index (χ2v) is 4.78. The number of alkyl halides is 3. The van der Waals surface area contributed by atoms with Crippen LogP contribution in [-0.4, -0.2) is 25.6 Å². The van der Waals surface area contributed by atoms with E-state index in [1.807, 2.05) is 0 Å². The molecule has 0 aliphatic heterocycles. The quantitative estimate of drug-likeness (QED) is 0.743. The molecule has 1 aromatic carbocycles. The van der Waals surface area contributed by atoms with Gasteiger partial charge in [0, 0.05) is 6.04 Å². The second-order valence-electron chi connectivity index (χ2n) is 4.78. The molecular weight excluding hydrogens is 271 g/mol. The SMILES string of the molecule is FC(F)(F)Oc1ccccc1OCCCCNC1CC1. The van der Waals surface area contributed by atoms with E-state index < -0.39 is 6.36 Å². The van der Waals surface area contributed by atoms with E-state index in [9.17, 15) is 13.2 Å². The van der Waals surface area contributed by atoms with Gasteiger partial charge in [0.15, 0.2) is 11.5 Å². The number of nitrogens with one attached hydrogen (secondary N) is 1.